The van der Waals surface area contributed by atoms with Crippen LogP contribution in [0.5, 0.6) is 0 Å². The lowest BCUT2D eigenvalue weighted by molar-refractivity contribution is -0.136. The van der Waals surface area contributed by atoms with Crippen molar-refractivity contribution in [3.8, 4) is 0 Å². The first-order chi connectivity index (χ1) is 17.0. The van der Waals surface area contributed by atoms with Crippen LogP contribution in [0.15, 0.2) is 54.9 Å². The molecule has 0 bridgehead atoms. The number of carbonyl (C=O) groups is 1. The number of piperidine rings is 1. The molecular formula is C28H34N4O3. The number of likely N-dealkylation sites (tertiary alicyclic amines) is 1. The van der Waals surface area contributed by atoms with Crippen molar-refractivity contribution in [2.75, 3.05) is 6.54 Å². The van der Waals surface area contributed by atoms with Crippen LogP contribution in [-0.4, -0.2) is 37.6 Å². The largest absolute Gasteiger partial charge is 0.480 e. The lowest BCUT2D eigenvalue weighted by atomic mass is 9.88. The summed E-state index contributed by atoms with van der Waals surface area (Å²) in [4.78, 5) is 22.9. The highest BCUT2D eigenvalue weighted by atomic mass is 16.4. The van der Waals surface area contributed by atoms with Crippen molar-refractivity contribution in [2.45, 2.75) is 64.9 Å². The highest BCUT2D eigenvalue weighted by Crippen LogP contribution is 2.43. The molecule has 1 saturated heterocycles. The molecule has 2 aromatic heterocycles. The van der Waals surface area contributed by atoms with E-state index in [1.165, 1.54) is 11.1 Å². The molecule has 7 heteroatoms. The zero-order valence-electron chi connectivity index (χ0n) is 20.4. The van der Waals surface area contributed by atoms with E-state index in [0.717, 1.165) is 47.3 Å². The molecule has 184 valence electrons. The minimum absolute atomic E-state index is 0.0729. The topological polar surface area (TPSA) is 98.6 Å². The van der Waals surface area contributed by atoms with Gasteiger partial charge in [0.15, 0.2) is 0 Å². The Labute approximate surface area is 206 Å². The van der Waals surface area contributed by atoms with E-state index < -0.39 is 5.97 Å². The van der Waals surface area contributed by atoms with Crippen molar-refractivity contribution in [3.05, 3.63) is 94.1 Å². The van der Waals surface area contributed by atoms with Gasteiger partial charge in [0.2, 0.25) is 0 Å². The number of hydrogen-bond acceptors (Lipinski definition) is 6. The summed E-state index contributed by atoms with van der Waals surface area (Å²) in [6.45, 7) is 5.17. The summed E-state index contributed by atoms with van der Waals surface area (Å²) in [5.74, 6) is -0.888. The van der Waals surface area contributed by atoms with E-state index in [4.69, 9.17) is 15.1 Å². The molecule has 4 rings (SSSR count). The summed E-state index contributed by atoms with van der Waals surface area (Å²) < 4.78 is 0. The van der Waals surface area contributed by atoms with E-state index in [2.05, 4.69) is 42.3 Å². The summed E-state index contributed by atoms with van der Waals surface area (Å²) in [6, 6.07) is 14.5. The summed E-state index contributed by atoms with van der Waals surface area (Å²) in [5, 5.41) is 22.0. The van der Waals surface area contributed by atoms with Crippen LogP contribution in [0.2, 0.25) is 0 Å². The molecule has 0 amide bonds. The average molecular weight is 475 g/mol. The first-order valence-corrected chi connectivity index (χ1v) is 12.2. The maximum Gasteiger partial charge on any atom is 0.317 e. The Morgan fingerprint density at radius 3 is 2.17 bits per heavy atom. The first kappa shape index (κ1) is 25.0. The van der Waals surface area contributed by atoms with Gasteiger partial charge in [-0.3, -0.25) is 19.7 Å². The summed E-state index contributed by atoms with van der Waals surface area (Å²) in [6.07, 6.45) is 6.87. The van der Waals surface area contributed by atoms with Crippen LogP contribution in [-0.2, 0) is 24.5 Å². The summed E-state index contributed by atoms with van der Waals surface area (Å²) in [5.41, 5.74) is 7.45. The second kappa shape index (κ2) is 11.5. The van der Waals surface area contributed by atoms with E-state index in [0.29, 0.717) is 13.1 Å². The fourth-order valence-corrected chi connectivity index (χ4v) is 5.16. The normalized spacial score (nSPS) is 18.5. The van der Waals surface area contributed by atoms with E-state index >= 15 is 0 Å². The second-order valence-electron chi connectivity index (χ2n) is 9.30. The van der Waals surface area contributed by atoms with Crippen molar-refractivity contribution < 1.29 is 15.0 Å². The number of nitrogens with zero attached hydrogens (tertiary/aromatic N) is 3. The molecule has 2 atom stereocenters. The third-order valence-corrected chi connectivity index (χ3v) is 6.89. The minimum Gasteiger partial charge on any atom is -0.480 e. The molecule has 0 aliphatic carbocycles. The third kappa shape index (κ3) is 5.93. The molecule has 1 aliphatic rings. The summed E-state index contributed by atoms with van der Waals surface area (Å²) in [7, 11) is 0. The van der Waals surface area contributed by atoms with Crippen molar-refractivity contribution in [3.63, 3.8) is 0 Å². The fourth-order valence-electron chi connectivity index (χ4n) is 5.16. The Balaban J connectivity index is 1.68. The quantitative estimate of drug-likeness (QED) is 0.427. The molecule has 0 spiro atoms. The van der Waals surface area contributed by atoms with E-state index in [-0.39, 0.29) is 25.2 Å². The van der Waals surface area contributed by atoms with E-state index in [1.54, 1.807) is 0 Å². The fraction of sp³-hybridized carbons (Fsp3) is 0.393. The number of hydrogen-bond donors (Lipinski definition) is 3. The van der Waals surface area contributed by atoms with Crippen LogP contribution in [0, 0.1) is 13.8 Å². The molecule has 0 radical (unpaired) electrons. The van der Waals surface area contributed by atoms with Gasteiger partial charge in [-0.25, -0.2) is 0 Å². The van der Waals surface area contributed by atoms with Gasteiger partial charge < -0.3 is 15.5 Å². The van der Waals surface area contributed by atoms with Crippen LogP contribution in [0.3, 0.4) is 0 Å². The maximum atomic E-state index is 10.8. The smallest absolute Gasteiger partial charge is 0.317 e. The Hall–Kier alpha value is -3.13. The van der Waals surface area contributed by atoms with Crippen LogP contribution in [0.4, 0.5) is 0 Å². The van der Waals surface area contributed by atoms with Gasteiger partial charge >= 0.3 is 5.97 Å². The minimum atomic E-state index is -0.888. The van der Waals surface area contributed by atoms with Gasteiger partial charge in [0.05, 0.1) is 36.6 Å². The Kier molecular flexibility index (Phi) is 8.23. The first-order valence-electron chi connectivity index (χ1n) is 12.2. The van der Waals surface area contributed by atoms with Crippen molar-refractivity contribution >= 4 is 5.97 Å². The molecule has 7 nitrogen and oxygen atoms in total. The average Bonchev–Trinajstić information content (AvgIpc) is 2.85. The van der Waals surface area contributed by atoms with Crippen LogP contribution in [0.1, 0.15) is 70.6 Å². The predicted molar refractivity (Wildman–Crippen MR) is 135 cm³/mol. The Morgan fingerprint density at radius 2 is 1.63 bits per heavy atom. The maximum absolute atomic E-state index is 10.8. The highest BCUT2D eigenvalue weighted by molar-refractivity contribution is 5.69. The Morgan fingerprint density at radius 1 is 1.00 bits per heavy atom. The molecule has 0 unspecified atom stereocenters. The monoisotopic (exact) mass is 474 g/mol. The number of aryl methyl sites for hydroxylation is 2. The standard InChI is InChI=1S/C28H34N4O3/c1-19-6-4-12-30-27(19)24-8-3-9-25(28-20(2)7-5-13-31-28)32(24)17-22-11-10-21(14-23(22)18-33)15-29-16-26(34)35/h4-7,10-14,24-25,29,33H,3,8-9,15-18H2,1-2H3,(H,34,35)/t24-,25+. The van der Waals surface area contributed by atoms with Gasteiger partial charge in [-0.2, -0.15) is 0 Å². The number of carboxylic acids is 1. The molecular weight excluding hydrogens is 440 g/mol. The number of aliphatic hydroxyl groups is 1. The summed E-state index contributed by atoms with van der Waals surface area (Å²) >= 11 is 0. The molecule has 3 aromatic rings. The number of nitrogens with one attached hydrogen (secondary N) is 1. The molecule has 1 aromatic carbocycles. The highest BCUT2D eigenvalue weighted by Gasteiger charge is 2.35. The Bertz CT molecular complexity index is 1110. The number of rotatable bonds is 9. The zero-order valence-corrected chi connectivity index (χ0v) is 20.4. The van der Waals surface area contributed by atoms with Gasteiger partial charge in [0, 0.05) is 25.5 Å². The third-order valence-electron chi connectivity index (χ3n) is 6.89. The second-order valence-corrected chi connectivity index (χ2v) is 9.30. The number of pyridine rings is 2. The zero-order chi connectivity index (χ0) is 24.8. The predicted octanol–water partition coefficient (Wildman–Crippen LogP) is 4.23. The van der Waals surface area contributed by atoms with Gasteiger partial charge in [-0.1, -0.05) is 30.3 Å². The van der Waals surface area contributed by atoms with E-state index in [1.807, 2.05) is 36.7 Å². The lowest BCUT2D eigenvalue weighted by Crippen LogP contribution is -2.37. The SMILES string of the molecule is Cc1cccnc1[C@H]1CCC[C@@H](c2ncccc2C)N1Cc1ccc(CNCC(=O)O)cc1CO. The van der Waals surface area contributed by atoms with Gasteiger partial charge in [-0.15, -0.1) is 0 Å². The molecule has 3 heterocycles. The number of carboxylic acid groups (broad SMARTS) is 1. The van der Waals surface area contributed by atoms with Crippen LogP contribution < -0.4 is 5.32 Å². The van der Waals surface area contributed by atoms with Gasteiger partial charge in [0.1, 0.15) is 0 Å². The van der Waals surface area contributed by atoms with Gasteiger partial charge in [-0.05, 0) is 73.1 Å². The number of aliphatic carboxylic acids is 1. The molecule has 1 fully saturated rings. The molecule has 35 heavy (non-hydrogen) atoms. The van der Waals surface area contributed by atoms with Crippen molar-refractivity contribution in [1.29, 1.82) is 0 Å². The lowest BCUT2D eigenvalue weighted by Gasteiger charge is -2.43. The number of aliphatic hydroxyl groups excluding tert-OH is 1. The number of aromatic nitrogens is 2. The van der Waals surface area contributed by atoms with Crippen molar-refractivity contribution in [1.82, 2.24) is 20.2 Å². The molecule has 3 N–H and O–H groups in total. The van der Waals surface area contributed by atoms with Crippen molar-refractivity contribution in [2.24, 2.45) is 0 Å². The van der Waals surface area contributed by atoms with E-state index in [9.17, 15) is 9.90 Å². The van der Waals surface area contributed by atoms with Crippen LogP contribution >= 0.6 is 0 Å². The van der Waals surface area contributed by atoms with Crippen LogP contribution in [0.25, 0.3) is 0 Å². The molecule has 0 saturated carbocycles. The molecule has 1 aliphatic heterocycles. The number of benzene rings is 1. The van der Waals surface area contributed by atoms with Gasteiger partial charge in [0.25, 0.3) is 0 Å².